The number of thioether (sulfide) groups is 1. The van der Waals surface area contributed by atoms with E-state index in [2.05, 4.69) is 20.7 Å². The van der Waals surface area contributed by atoms with Gasteiger partial charge in [0, 0.05) is 16.5 Å². The normalized spacial score (nSPS) is 15.6. The van der Waals surface area contributed by atoms with Crippen molar-refractivity contribution < 1.29 is 9.59 Å². The van der Waals surface area contributed by atoms with Gasteiger partial charge in [0.2, 0.25) is 22.9 Å². The first-order valence-electron chi connectivity index (χ1n) is 8.58. The molecule has 0 spiro atoms. The zero-order valence-electron chi connectivity index (χ0n) is 14.6. The van der Waals surface area contributed by atoms with Crippen molar-refractivity contribution in [2.24, 2.45) is 0 Å². The molecule has 0 bridgehead atoms. The molecule has 2 aromatic carbocycles. The Morgan fingerprint density at radius 3 is 2.86 bits per heavy atom. The monoisotopic (exact) mass is 413 g/mol. The summed E-state index contributed by atoms with van der Waals surface area (Å²) in [6, 6.07) is 16.0. The minimum absolute atomic E-state index is 0.00838. The van der Waals surface area contributed by atoms with Crippen molar-refractivity contribution in [3.8, 4) is 0 Å². The third-order valence-corrected chi connectivity index (χ3v) is 5.29. The number of benzene rings is 2. The van der Waals surface area contributed by atoms with Gasteiger partial charge in [0.25, 0.3) is 0 Å². The zero-order chi connectivity index (χ0) is 19.5. The predicted molar refractivity (Wildman–Crippen MR) is 108 cm³/mol. The van der Waals surface area contributed by atoms with Crippen molar-refractivity contribution in [3.63, 3.8) is 0 Å². The van der Waals surface area contributed by atoms with Crippen LogP contribution in [0.25, 0.3) is 0 Å². The maximum atomic E-state index is 12.7. The number of nitrogens with one attached hydrogen (secondary N) is 2. The summed E-state index contributed by atoms with van der Waals surface area (Å²) in [7, 11) is 0. The van der Waals surface area contributed by atoms with Gasteiger partial charge in [0.05, 0.1) is 6.42 Å². The van der Waals surface area contributed by atoms with Crippen LogP contribution in [-0.2, 0) is 15.3 Å². The molecule has 7 nitrogen and oxygen atoms in total. The Bertz CT molecular complexity index is 1020. The summed E-state index contributed by atoms with van der Waals surface area (Å²) in [4.78, 5) is 29.1. The fraction of sp³-hybridized carbons (Fsp3) is 0.158. The first kappa shape index (κ1) is 18.5. The zero-order valence-corrected chi connectivity index (χ0v) is 16.2. The van der Waals surface area contributed by atoms with Crippen LogP contribution in [0.5, 0.6) is 0 Å². The van der Waals surface area contributed by atoms with E-state index in [0.29, 0.717) is 21.6 Å². The SMILES string of the molecule is O=C1CC(C(=O)Nc2cccc(Cl)c2)n2nc(SCc3ccccc3)nc2N1. The molecule has 1 aromatic heterocycles. The maximum Gasteiger partial charge on any atom is 0.249 e. The number of carbonyl (C=O) groups excluding carboxylic acids is 2. The second kappa shape index (κ2) is 8.04. The molecule has 1 atom stereocenters. The molecular weight excluding hydrogens is 398 g/mol. The van der Waals surface area contributed by atoms with Crippen LogP contribution in [0.1, 0.15) is 18.0 Å². The van der Waals surface area contributed by atoms with E-state index >= 15 is 0 Å². The molecule has 4 rings (SSSR count). The highest BCUT2D eigenvalue weighted by Crippen LogP contribution is 2.28. The second-order valence-electron chi connectivity index (χ2n) is 6.20. The van der Waals surface area contributed by atoms with Crippen LogP contribution in [0.2, 0.25) is 5.02 Å². The van der Waals surface area contributed by atoms with Crippen molar-refractivity contribution in [1.29, 1.82) is 0 Å². The molecule has 142 valence electrons. The van der Waals surface area contributed by atoms with Crippen LogP contribution < -0.4 is 10.6 Å². The number of carbonyl (C=O) groups is 2. The molecule has 0 saturated heterocycles. The van der Waals surface area contributed by atoms with E-state index in [0.717, 1.165) is 5.56 Å². The van der Waals surface area contributed by atoms with Gasteiger partial charge in [0.1, 0.15) is 6.04 Å². The van der Waals surface area contributed by atoms with Gasteiger partial charge in [-0.25, -0.2) is 4.68 Å². The minimum atomic E-state index is -0.777. The fourth-order valence-electron chi connectivity index (χ4n) is 2.82. The molecule has 1 unspecified atom stereocenters. The molecule has 1 aliphatic rings. The summed E-state index contributed by atoms with van der Waals surface area (Å²) >= 11 is 7.41. The Kier molecular flexibility index (Phi) is 5.31. The van der Waals surface area contributed by atoms with Crippen molar-refractivity contribution in [3.05, 3.63) is 65.2 Å². The summed E-state index contributed by atoms with van der Waals surface area (Å²) in [5, 5.41) is 10.9. The van der Waals surface area contributed by atoms with Crippen LogP contribution >= 0.6 is 23.4 Å². The minimum Gasteiger partial charge on any atom is -0.324 e. The van der Waals surface area contributed by atoms with Crippen LogP contribution in [0.3, 0.4) is 0 Å². The highest BCUT2D eigenvalue weighted by molar-refractivity contribution is 7.98. The molecule has 0 saturated carbocycles. The summed E-state index contributed by atoms with van der Waals surface area (Å²) in [6.45, 7) is 0. The smallest absolute Gasteiger partial charge is 0.249 e. The van der Waals surface area contributed by atoms with Crippen molar-refractivity contribution >= 4 is 46.8 Å². The Morgan fingerprint density at radius 2 is 2.07 bits per heavy atom. The van der Waals surface area contributed by atoms with Gasteiger partial charge in [-0.05, 0) is 23.8 Å². The van der Waals surface area contributed by atoms with E-state index in [4.69, 9.17) is 11.6 Å². The van der Waals surface area contributed by atoms with Crippen LogP contribution in [0.4, 0.5) is 11.6 Å². The first-order chi connectivity index (χ1) is 13.6. The van der Waals surface area contributed by atoms with E-state index in [9.17, 15) is 9.59 Å². The molecular formula is C19H16ClN5O2S. The lowest BCUT2D eigenvalue weighted by molar-refractivity contribution is -0.125. The Labute approximate surface area is 170 Å². The van der Waals surface area contributed by atoms with Gasteiger partial charge in [-0.2, -0.15) is 4.98 Å². The quantitative estimate of drug-likeness (QED) is 0.622. The lowest BCUT2D eigenvalue weighted by Crippen LogP contribution is -2.36. The predicted octanol–water partition coefficient (Wildman–Crippen LogP) is 3.75. The first-order valence-corrected chi connectivity index (χ1v) is 9.94. The standard InChI is InChI=1S/C19H16ClN5O2S/c20-13-7-4-8-14(9-13)21-17(27)15-10-16(26)22-18-23-19(24-25(15)18)28-11-12-5-2-1-3-6-12/h1-9,15H,10-11H2,(H,21,27)(H,22,23,24,26). The third-order valence-electron chi connectivity index (χ3n) is 4.14. The number of aromatic nitrogens is 3. The number of hydrogen-bond donors (Lipinski definition) is 2. The van der Waals surface area contributed by atoms with Crippen LogP contribution in [0.15, 0.2) is 59.8 Å². The lowest BCUT2D eigenvalue weighted by Gasteiger charge is -2.22. The molecule has 2 amide bonds. The van der Waals surface area contributed by atoms with E-state index in [1.165, 1.54) is 16.4 Å². The number of hydrogen-bond acceptors (Lipinski definition) is 5. The lowest BCUT2D eigenvalue weighted by atomic mass is 10.1. The van der Waals surface area contributed by atoms with Gasteiger partial charge >= 0.3 is 0 Å². The summed E-state index contributed by atoms with van der Waals surface area (Å²) in [5.41, 5.74) is 1.70. The summed E-state index contributed by atoms with van der Waals surface area (Å²) in [5.74, 6) is 0.351. The van der Waals surface area contributed by atoms with Crippen molar-refractivity contribution in [2.45, 2.75) is 23.4 Å². The van der Waals surface area contributed by atoms with Gasteiger partial charge in [-0.1, -0.05) is 59.8 Å². The number of fused-ring (bicyclic) bond motifs is 1. The number of halogens is 1. The van der Waals surface area contributed by atoms with E-state index in [1.54, 1.807) is 24.3 Å². The average Bonchev–Trinajstić information content (AvgIpc) is 3.09. The molecule has 0 radical (unpaired) electrons. The molecule has 1 aliphatic heterocycles. The molecule has 2 heterocycles. The number of amides is 2. The highest BCUT2D eigenvalue weighted by atomic mass is 35.5. The van der Waals surface area contributed by atoms with E-state index < -0.39 is 6.04 Å². The number of rotatable bonds is 5. The van der Waals surface area contributed by atoms with Crippen LogP contribution in [-0.4, -0.2) is 26.6 Å². The Balaban J connectivity index is 1.52. The van der Waals surface area contributed by atoms with Gasteiger partial charge in [0.15, 0.2) is 0 Å². The van der Waals surface area contributed by atoms with E-state index in [1.807, 2.05) is 30.3 Å². The summed E-state index contributed by atoms with van der Waals surface area (Å²) < 4.78 is 1.47. The Hall–Kier alpha value is -2.84. The fourth-order valence-corrected chi connectivity index (χ4v) is 3.80. The number of nitrogens with zero attached hydrogens (tertiary/aromatic N) is 3. The number of anilines is 2. The third kappa shape index (κ3) is 4.18. The molecule has 0 fully saturated rings. The molecule has 9 heteroatoms. The van der Waals surface area contributed by atoms with Gasteiger partial charge in [-0.15, -0.1) is 5.10 Å². The molecule has 2 N–H and O–H groups in total. The van der Waals surface area contributed by atoms with Gasteiger partial charge < -0.3 is 5.32 Å². The molecule has 0 aliphatic carbocycles. The Morgan fingerprint density at radius 1 is 1.25 bits per heavy atom. The average molecular weight is 414 g/mol. The largest absolute Gasteiger partial charge is 0.324 e. The molecule has 3 aromatic rings. The van der Waals surface area contributed by atoms with Crippen molar-refractivity contribution in [2.75, 3.05) is 10.6 Å². The molecule has 28 heavy (non-hydrogen) atoms. The summed E-state index contributed by atoms with van der Waals surface area (Å²) in [6.07, 6.45) is -0.00838. The second-order valence-corrected chi connectivity index (χ2v) is 7.58. The topological polar surface area (TPSA) is 88.9 Å². The van der Waals surface area contributed by atoms with Gasteiger partial charge in [-0.3, -0.25) is 14.9 Å². The maximum absolute atomic E-state index is 12.7. The van der Waals surface area contributed by atoms with Crippen molar-refractivity contribution in [1.82, 2.24) is 14.8 Å². The van der Waals surface area contributed by atoms with Crippen LogP contribution in [0, 0.1) is 0 Å². The van der Waals surface area contributed by atoms with E-state index in [-0.39, 0.29) is 24.2 Å². The highest BCUT2D eigenvalue weighted by Gasteiger charge is 2.33.